The summed E-state index contributed by atoms with van der Waals surface area (Å²) in [6.07, 6.45) is 0. The van der Waals surface area contributed by atoms with E-state index in [9.17, 15) is 9.59 Å². The van der Waals surface area contributed by atoms with Gasteiger partial charge in [0, 0.05) is 19.8 Å². The number of rotatable bonds is 2. The maximum Gasteiger partial charge on any atom is 0.337 e. The molecule has 1 aromatic rings. The third kappa shape index (κ3) is 2.15. The number of allylic oxidation sites excluding steroid dienone is 1. The van der Waals surface area contributed by atoms with Crippen molar-refractivity contribution in [3.8, 4) is 0 Å². The largest absolute Gasteiger partial charge is 0.466 e. The fraction of sp³-hybridized carbons (Fsp3) is 0.333. The van der Waals surface area contributed by atoms with Gasteiger partial charge in [0.1, 0.15) is 0 Å². The van der Waals surface area contributed by atoms with Crippen LogP contribution in [-0.2, 0) is 9.53 Å². The van der Waals surface area contributed by atoms with Crippen molar-refractivity contribution in [1.29, 1.82) is 0 Å². The lowest BCUT2D eigenvalue weighted by Gasteiger charge is -2.39. The molecule has 0 saturated carbocycles. The molecule has 5 heteroatoms. The number of benzene rings is 1. The van der Waals surface area contributed by atoms with Crippen LogP contribution in [0.25, 0.3) is 0 Å². The zero-order chi connectivity index (χ0) is 14.9. The summed E-state index contributed by atoms with van der Waals surface area (Å²) < 4.78 is 4.88. The fourth-order valence-electron chi connectivity index (χ4n) is 2.46. The summed E-state index contributed by atoms with van der Waals surface area (Å²) >= 11 is 0. The van der Waals surface area contributed by atoms with Crippen molar-refractivity contribution in [3.05, 3.63) is 47.2 Å². The van der Waals surface area contributed by atoms with Gasteiger partial charge in [-0.3, -0.25) is 0 Å². The normalized spacial score (nSPS) is 19.4. The number of nitrogens with zero attached hydrogens (tertiary/aromatic N) is 2. The molecule has 0 radical (unpaired) electrons. The van der Waals surface area contributed by atoms with Gasteiger partial charge in [-0.2, -0.15) is 0 Å². The molecule has 5 nitrogen and oxygen atoms in total. The lowest BCUT2D eigenvalue weighted by Crippen LogP contribution is -2.47. The Labute approximate surface area is 118 Å². The van der Waals surface area contributed by atoms with Crippen LogP contribution in [0.15, 0.2) is 41.6 Å². The van der Waals surface area contributed by atoms with E-state index >= 15 is 0 Å². The molecule has 1 heterocycles. The van der Waals surface area contributed by atoms with Crippen LogP contribution in [0.1, 0.15) is 18.5 Å². The molecule has 0 fully saturated rings. The van der Waals surface area contributed by atoms with E-state index in [1.165, 1.54) is 12.0 Å². The first-order valence-corrected chi connectivity index (χ1v) is 6.33. The summed E-state index contributed by atoms with van der Waals surface area (Å²) in [6.45, 7) is 1.76. The van der Waals surface area contributed by atoms with Gasteiger partial charge in [0.15, 0.2) is 0 Å². The molecular formula is C15H18N2O3. The second-order valence-electron chi connectivity index (χ2n) is 4.76. The van der Waals surface area contributed by atoms with Gasteiger partial charge >= 0.3 is 12.0 Å². The second kappa shape index (κ2) is 5.36. The number of likely N-dealkylation sites (N-methyl/N-ethyl adjacent to an activating group) is 1. The first-order valence-electron chi connectivity index (χ1n) is 6.33. The number of esters is 1. The van der Waals surface area contributed by atoms with E-state index in [-0.39, 0.29) is 6.03 Å². The van der Waals surface area contributed by atoms with Gasteiger partial charge in [-0.05, 0) is 12.5 Å². The Balaban J connectivity index is 2.61. The Hall–Kier alpha value is -2.30. The van der Waals surface area contributed by atoms with Gasteiger partial charge in [0.2, 0.25) is 0 Å². The number of carbonyl (C=O) groups is 2. The van der Waals surface area contributed by atoms with Crippen LogP contribution >= 0.6 is 0 Å². The highest BCUT2D eigenvalue weighted by Gasteiger charge is 2.38. The molecule has 0 bridgehead atoms. The van der Waals surface area contributed by atoms with Gasteiger partial charge in [0.05, 0.1) is 18.7 Å². The molecule has 2 amide bonds. The number of urea groups is 1. The van der Waals surface area contributed by atoms with E-state index in [0.29, 0.717) is 11.3 Å². The molecule has 1 aromatic carbocycles. The van der Waals surface area contributed by atoms with Crippen LogP contribution < -0.4 is 0 Å². The predicted octanol–water partition coefficient (Wildman–Crippen LogP) is 2.17. The minimum absolute atomic E-state index is 0.149. The van der Waals surface area contributed by atoms with E-state index in [1.54, 1.807) is 25.9 Å². The smallest absolute Gasteiger partial charge is 0.337 e. The molecule has 0 aromatic heterocycles. The van der Waals surface area contributed by atoms with Gasteiger partial charge in [-0.25, -0.2) is 9.59 Å². The number of methoxy groups -OCH3 is 1. The molecule has 106 valence electrons. The minimum atomic E-state index is -0.424. The van der Waals surface area contributed by atoms with E-state index in [2.05, 4.69) is 0 Å². The molecule has 1 aliphatic heterocycles. The van der Waals surface area contributed by atoms with Crippen molar-refractivity contribution in [3.63, 3.8) is 0 Å². The lowest BCUT2D eigenvalue weighted by atomic mass is 9.94. The van der Waals surface area contributed by atoms with E-state index in [4.69, 9.17) is 4.74 Å². The summed E-state index contributed by atoms with van der Waals surface area (Å²) in [6, 6.07) is 8.89. The lowest BCUT2D eigenvalue weighted by molar-refractivity contribution is -0.137. The Bertz CT molecular complexity index is 566. The number of amides is 2. The number of ether oxygens (including phenoxy) is 1. The maximum absolute atomic E-state index is 12.2. The second-order valence-corrected chi connectivity index (χ2v) is 4.76. The highest BCUT2D eigenvalue weighted by molar-refractivity contribution is 5.94. The van der Waals surface area contributed by atoms with Crippen molar-refractivity contribution < 1.29 is 14.3 Å². The highest BCUT2D eigenvalue weighted by Crippen LogP contribution is 2.35. The average molecular weight is 274 g/mol. The van der Waals surface area contributed by atoms with Crippen molar-refractivity contribution in [2.24, 2.45) is 0 Å². The average Bonchev–Trinajstić information content (AvgIpc) is 2.48. The predicted molar refractivity (Wildman–Crippen MR) is 74.8 cm³/mol. The SMILES string of the molecule is COC(=O)C1=C(C)N(C)C(=O)N(C)[C@@H]1c1ccccc1. The van der Waals surface area contributed by atoms with Crippen LogP contribution in [0.2, 0.25) is 0 Å². The zero-order valence-electron chi connectivity index (χ0n) is 12.1. The summed E-state index contributed by atoms with van der Waals surface area (Å²) in [5.74, 6) is -0.414. The maximum atomic E-state index is 12.2. The molecule has 0 spiro atoms. The topological polar surface area (TPSA) is 49.9 Å². The van der Waals surface area contributed by atoms with E-state index in [0.717, 1.165) is 5.56 Å². The third-order valence-electron chi connectivity index (χ3n) is 3.66. The van der Waals surface area contributed by atoms with Crippen LogP contribution in [-0.4, -0.2) is 43.0 Å². The highest BCUT2D eigenvalue weighted by atomic mass is 16.5. The number of hydrogen-bond donors (Lipinski definition) is 0. The Morgan fingerprint density at radius 3 is 2.35 bits per heavy atom. The van der Waals surface area contributed by atoms with E-state index in [1.807, 2.05) is 30.3 Å². The van der Waals surface area contributed by atoms with Gasteiger partial charge in [-0.1, -0.05) is 30.3 Å². The number of carbonyl (C=O) groups excluding carboxylic acids is 2. The standard InChI is InChI=1S/C15H18N2O3/c1-10-12(14(18)20-4)13(11-8-6-5-7-9-11)17(3)15(19)16(10)2/h5-9,13H,1-4H3/t13-/m1/s1. The van der Waals surface area contributed by atoms with Crippen LogP contribution in [0, 0.1) is 0 Å². The molecule has 0 saturated heterocycles. The number of hydrogen-bond acceptors (Lipinski definition) is 3. The summed E-state index contributed by atoms with van der Waals surface area (Å²) in [4.78, 5) is 27.4. The molecule has 1 atom stereocenters. The minimum Gasteiger partial charge on any atom is -0.466 e. The van der Waals surface area contributed by atoms with Crippen molar-refractivity contribution >= 4 is 12.0 Å². The van der Waals surface area contributed by atoms with Gasteiger partial charge in [0.25, 0.3) is 0 Å². The summed E-state index contributed by atoms with van der Waals surface area (Å²) in [5, 5.41) is 0. The molecule has 20 heavy (non-hydrogen) atoms. The van der Waals surface area contributed by atoms with Crippen LogP contribution in [0.4, 0.5) is 4.79 Å². The first kappa shape index (κ1) is 14.1. The Morgan fingerprint density at radius 1 is 1.20 bits per heavy atom. The first-order chi connectivity index (χ1) is 9.49. The molecule has 1 aliphatic rings. The fourth-order valence-corrected chi connectivity index (χ4v) is 2.46. The molecule has 0 unspecified atom stereocenters. The Kier molecular flexibility index (Phi) is 3.79. The monoisotopic (exact) mass is 274 g/mol. The van der Waals surface area contributed by atoms with Crippen LogP contribution in [0.5, 0.6) is 0 Å². The molecular weight excluding hydrogens is 256 g/mol. The molecule has 0 aliphatic carbocycles. The molecule has 0 N–H and O–H groups in total. The van der Waals surface area contributed by atoms with Crippen LogP contribution in [0.3, 0.4) is 0 Å². The van der Waals surface area contributed by atoms with Gasteiger partial charge < -0.3 is 14.5 Å². The zero-order valence-corrected chi connectivity index (χ0v) is 12.1. The third-order valence-corrected chi connectivity index (χ3v) is 3.66. The van der Waals surface area contributed by atoms with Crippen molar-refractivity contribution in [2.45, 2.75) is 13.0 Å². The summed E-state index contributed by atoms with van der Waals surface area (Å²) in [7, 11) is 4.69. The van der Waals surface area contributed by atoms with Crippen molar-refractivity contribution in [1.82, 2.24) is 9.80 Å². The molecule has 2 rings (SSSR count). The quantitative estimate of drug-likeness (QED) is 0.777. The summed E-state index contributed by atoms with van der Waals surface area (Å²) in [5.41, 5.74) is 1.99. The Morgan fingerprint density at radius 2 is 1.80 bits per heavy atom. The van der Waals surface area contributed by atoms with Gasteiger partial charge in [-0.15, -0.1) is 0 Å². The van der Waals surface area contributed by atoms with Crippen molar-refractivity contribution in [2.75, 3.05) is 21.2 Å². The van der Waals surface area contributed by atoms with E-state index < -0.39 is 12.0 Å².